The fourth-order valence-electron chi connectivity index (χ4n) is 3.40. The molecule has 4 rings (SSSR count). The molecular weight excluding hydrogens is 366 g/mol. The van der Waals surface area contributed by atoms with Crippen LogP contribution in [0.25, 0.3) is 0 Å². The molecule has 2 heterocycles. The van der Waals surface area contributed by atoms with E-state index in [9.17, 15) is 13.2 Å². The van der Waals surface area contributed by atoms with Crippen molar-refractivity contribution in [3.8, 4) is 11.5 Å². The Kier molecular flexibility index (Phi) is 4.55. The normalized spacial score (nSPS) is 15.5. The van der Waals surface area contributed by atoms with Gasteiger partial charge in [0.2, 0.25) is 12.7 Å². The van der Waals surface area contributed by atoms with Gasteiger partial charge >= 0.3 is 0 Å². The number of carbonyl (C=O) groups excluding carboxylic acids is 1. The molecule has 2 aliphatic heterocycles. The van der Waals surface area contributed by atoms with E-state index < -0.39 is 9.84 Å². The number of ether oxygens (including phenoxy) is 2. The van der Waals surface area contributed by atoms with Crippen molar-refractivity contribution >= 4 is 15.7 Å². The smallest absolute Gasteiger partial charge is 0.231 e. The average Bonchev–Trinajstić information content (AvgIpc) is 3.11. The van der Waals surface area contributed by atoms with Crippen LogP contribution in [0.5, 0.6) is 11.5 Å². The van der Waals surface area contributed by atoms with Gasteiger partial charge < -0.3 is 14.4 Å². The second-order valence-electron chi connectivity index (χ2n) is 6.92. The van der Waals surface area contributed by atoms with Crippen LogP contribution >= 0.6 is 0 Å². The molecule has 0 N–H and O–H groups in total. The van der Waals surface area contributed by atoms with E-state index in [1.54, 1.807) is 29.2 Å². The molecule has 2 aliphatic rings. The number of nitrogens with zero attached hydrogens (tertiary/aromatic N) is 1. The van der Waals surface area contributed by atoms with Crippen LogP contribution in [0.4, 0.5) is 0 Å². The van der Waals surface area contributed by atoms with Gasteiger partial charge in [0, 0.05) is 19.5 Å². The molecule has 0 radical (unpaired) electrons. The van der Waals surface area contributed by atoms with Crippen LogP contribution < -0.4 is 9.47 Å². The number of fused-ring (bicyclic) bond motifs is 2. The van der Waals surface area contributed by atoms with Crippen molar-refractivity contribution in [3.63, 3.8) is 0 Å². The lowest BCUT2D eigenvalue weighted by atomic mass is 9.98. The first-order valence-corrected chi connectivity index (χ1v) is 10.6. The van der Waals surface area contributed by atoms with E-state index in [1.807, 2.05) is 19.1 Å². The average molecular weight is 387 g/mol. The molecule has 1 amide bonds. The molecule has 0 saturated carbocycles. The summed E-state index contributed by atoms with van der Waals surface area (Å²) in [5, 5.41) is 0. The van der Waals surface area contributed by atoms with E-state index in [0.29, 0.717) is 18.8 Å². The maximum absolute atomic E-state index is 12.6. The molecule has 27 heavy (non-hydrogen) atoms. The molecule has 0 unspecified atom stereocenters. The second kappa shape index (κ2) is 6.88. The number of aryl methyl sites for hydroxylation is 1. The second-order valence-corrected chi connectivity index (χ2v) is 9.03. The molecule has 142 valence electrons. The van der Waals surface area contributed by atoms with Crippen molar-refractivity contribution in [1.82, 2.24) is 4.90 Å². The largest absolute Gasteiger partial charge is 0.454 e. The third-order valence-electron chi connectivity index (χ3n) is 5.02. The summed E-state index contributed by atoms with van der Waals surface area (Å²) in [5.41, 5.74) is 3.17. The van der Waals surface area contributed by atoms with E-state index in [1.165, 1.54) is 0 Å². The number of amides is 1. The Morgan fingerprint density at radius 3 is 2.44 bits per heavy atom. The Balaban J connectivity index is 1.41. The molecule has 0 spiro atoms. The Morgan fingerprint density at radius 1 is 1.07 bits per heavy atom. The van der Waals surface area contributed by atoms with Gasteiger partial charge in [0.1, 0.15) is 0 Å². The van der Waals surface area contributed by atoms with Gasteiger partial charge in [-0.25, -0.2) is 8.42 Å². The highest BCUT2D eigenvalue weighted by atomic mass is 32.2. The van der Waals surface area contributed by atoms with Crippen LogP contribution in [-0.2, 0) is 27.6 Å². The molecule has 0 saturated heterocycles. The number of sulfone groups is 1. The molecular formula is C20H21NO5S. The standard InChI is InChI=1S/C20H21NO5S/c1-14-2-4-17(5-3-14)27(23,24)9-7-20(22)21-8-6-15-10-18-19(26-13-25-18)11-16(15)12-21/h2-5,10-11H,6-9,12-13H2,1H3. The molecule has 6 nitrogen and oxygen atoms in total. The number of carbonyl (C=O) groups is 1. The number of rotatable bonds is 4. The number of hydrogen-bond donors (Lipinski definition) is 0. The van der Waals surface area contributed by atoms with Gasteiger partial charge in [-0.1, -0.05) is 17.7 Å². The highest BCUT2D eigenvalue weighted by molar-refractivity contribution is 7.91. The van der Waals surface area contributed by atoms with Gasteiger partial charge in [-0.05, 0) is 48.7 Å². The van der Waals surface area contributed by atoms with Gasteiger partial charge in [-0.3, -0.25) is 4.79 Å². The highest BCUT2D eigenvalue weighted by Gasteiger charge is 2.26. The first-order chi connectivity index (χ1) is 12.9. The molecule has 0 bridgehead atoms. The number of hydrogen-bond acceptors (Lipinski definition) is 5. The molecule has 2 aromatic rings. The van der Waals surface area contributed by atoms with Crippen LogP contribution in [0.1, 0.15) is 23.1 Å². The minimum atomic E-state index is -3.46. The zero-order valence-electron chi connectivity index (χ0n) is 15.1. The first-order valence-electron chi connectivity index (χ1n) is 8.91. The fraction of sp³-hybridized carbons (Fsp3) is 0.350. The molecule has 2 aromatic carbocycles. The van der Waals surface area contributed by atoms with Crippen molar-refractivity contribution in [2.75, 3.05) is 19.1 Å². The summed E-state index contributed by atoms with van der Waals surface area (Å²) < 4.78 is 35.7. The summed E-state index contributed by atoms with van der Waals surface area (Å²) in [7, 11) is -3.46. The summed E-state index contributed by atoms with van der Waals surface area (Å²) in [6, 6.07) is 10.6. The SMILES string of the molecule is Cc1ccc(S(=O)(=O)CCC(=O)N2CCc3cc4c(cc3C2)OCO4)cc1. The molecule has 0 aliphatic carbocycles. The summed E-state index contributed by atoms with van der Waals surface area (Å²) in [4.78, 5) is 14.6. The lowest BCUT2D eigenvalue weighted by Crippen LogP contribution is -2.36. The van der Waals surface area contributed by atoms with E-state index >= 15 is 0 Å². The van der Waals surface area contributed by atoms with Crippen molar-refractivity contribution in [2.45, 2.75) is 31.2 Å². The Hall–Kier alpha value is -2.54. The Morgan fingerprint density at radius 2 is 1.74 bits per heavy atom. The van der Waals surface area contributed by atoms with Crippen LogP contribution in [-0.4, -0.2) is 38.3 Å². The van der Waals surface area contributed by atoms with Crippen LogP contribution in [0.2, 0.25) is 0 Å². The van der Waals surface area contributed by atoms with Crippen molar-refractivity contribution < 1.29 is 22.7 Å². The highest BCUT2D eigenvalue weighted by Crippen LogP contribution is 2.36. The van der Waals surface area contributed by atoms with Gasteiger partial charge in [0.15, 0.2) is 21.3 Å². The van der Waals surface area contributed by atoms with Gasteiger partial charge in [0.05, 0.1) is 10.6 Å². The molecule has 0 atom stereocenters. The molecule has 7 heteroatoms. The summed E-state index contributed by atoms with van der Waals surface area (Å²) in [6.07, 6.45) is 0.707. The predicted octanol–water partition coefficient (Wildman–Crippen LogP) is 2.47. The lowest BCUT2D eigenvalue weighted by Gasteiger charge is -2.29. The third kappa shape index (κ3) is 3.64. The van der Waals surface area contributed by atoms with Crippen LogP contribution in [0, 0.1) is 6.92 Å². The maximum Gasteiger partial charge on any atom is 0.231 e. The Bertz CT molecular complexity index is 982. The van der Waals surface area contributed by atoms with Crippen molar-refractivity contribution in [2.24, 2.45) is 0 Å². The summed E-state index contributed by atoms with van der Waals surface area (Å²) >= 11 is 0. The van der Waals surface area contributed by atoms with Gasteiger partial charge in [-0.2, -0.15) is 0 Å². The Labute approximate surface area is 158 Å². The van der Waals surface area contributed by atoms with E-state index in [4.69, 9.17) is 9.47 Å². The zero-order chi connectivity index (χ0) is 19.0. The van der Waals surface area contributed by atoms with E-state index in [2.05, 4.69) is 0 Å². The van der Waals surface area contributed by atoms with Gasteiger partial charge in [-0.15, -0.1) is 0 Å². The molecule has 0 aromatic heterocycles. The third-order valence-corrected chi connectivity index (χ3v) is 6.76. The lowest BCUT2D eigenvalue weighted by molar-refractivity contribution is -0.131. The zero-order valence-corrected chi connectivity index (χ0v) is 15.9. The number of benzene rings is 2. The first kappa shape index (κ1) is 17.9. The summed E-state index contributed by atoms with van der Waals surface area (Å²) in [5.74, 6) is 1.12. The predicted molar refractivity (Wildman–Crippen MR) is 99.5 cm³/mol. The minimum absolute atomic E-state index is 0.0178. The summed E-state index contributed by atoms with van der Waals surface area (Å²) in [6.45, 7) is 3.17. The molecule has 0 fully saturated rings. The minimum Gasteiger partial charge on any atom is -0.454 e. The van der Waals surface area contributed by atoms with Crippen molar-refractivity contribution in [3.05, 3.63) is 53.1 Å². The van der Waals surface area contributed by atoms with Crippen LogP contribution in [0.3, 0.4) is 0 Å². The van der Waals surface area contributed by atoms with Gasteiger partial charge in [0.25, 0.3) is 0 Å². The monoisotopic (exact) mass is 387 g/mol. The quantitative estimate of drug-likeness (QED) is 0.806. The van der Waals surface area contributed by atoms with Crippen LogP contribution in [0.15, 0.2) is 41.3 Å². The topological polar surface area (TPSA) is 72.9 Å². The fourth-order valence-corrected chi connectivity index (χ4v) is 4.63. The van der Waals surface area contributed by atoms with E-state index in [-0.39, 0.29) is 29.8 Å². The maximum atomic E-state index is 12.6. The van der Waals surface area contributed by atoms with Crippen molar-refractivity contribution in [1.29, 1.82) is 0 Å². The van der Waals surface area contributed by atoms with E-state index in [0.717, 1.165) is 28.9 Å².